The van der Waals surface area contributed by atoms with Gasteiger partial charge in [-0.1, -0.05) is 42.0 Å². The predicted molar refractivity (Wildman–Crippen MR) is 69.3 cm³/mol. The number of amides is 1. The first-order valence-corrected chi connectivity index (χ1v) is 5.83. The van der Waals surface area contributed by atoms with Gasteiger partial charge in [-0.2, -0.15) is 0 Å². The summed E-state index contributed by atoms with van der Waals surface area (Å²) in [5, 5.41) is 0. The maximum Gasteiger partial charge on any atom is 0.237 e. The van der Waals surface area contributed by atoms with E-state index >= 15 is 0 Å². The van der Waals surface area contributed by atoms with Crippen molar-refractivity contribution in [1.29, 1.82) is 0 Å². The highest BCUT2D eigenvalue weighted by atomic mass is 16.2. The SMILES string of the molecule is C/C(=C\c1ccccc1)CN1CC(=O)N(C)C1. The normalized spacial score (nSPS) is 17.9. The monoisotopic (exact) mass is 230 g/mol. The molecule has 1 aromatic rings. The summed E-state index contributed by atoms with van der Waals surface area (Å²) < 4.78 is 0. The molecule has 0 saturated carbocycles. The van der Waals surface area contributed by atoms with Crippen molar-refractivity contribution in [3.05, 3.63) is 41.5 Å². The Morgan fingerprint density at radius 2 is 2.06 bits per heavy atom. The first kappa shape index (κ1) is 11.9. The van der Waals surface area contributed by atoms with Crippen LogP contribution in [0.25, 0.3) is 6.08 Å². The fraction of sp³-hybridized carbons (Fsp3) is 0.357. The van der Waals surface area contributed by atoms with Crippen LogP contribution in [0.3, 0.4) is 0 Å². The van der Waals surface area contributed by atoms with Gasteiger partial charge in [0.05, 0.1) is 13.2 Å². The summed E-state index contributed by atoms with van der Waals surface area (Å²) in [5.41, 5.74) is 2.49. The van der Waals surface area contributed by atoms with E-state index in [1.54, 1.807) is 4.90 Å². The molecule has 0 aliphatic carbocycles. The van der Waals surface area contributed by atoms with Crippen LogP contribution in [0.2, 0.25) is 0 Å². The van der Waals surface area contributed by atoms with Crippen LogP contribution in [-0.2, 0) is 4.79 Å². The third-order valence-electron chi connectivity index (χ3n) is 2.88. The summed E-state index contributed by atoms with van der Waals surface area (Å²) in [7, 11) is 1.85. The van der Waals surface area contributed by atoms with Gasteiger partial charge in [-0.25, -0.2) is 0 Å². The van der Waals surface area contributed by atoms with Crippen molar-refractivity contribution in [3.63, 3.8) is 0 Å². The summed E-state index contributed by atoms with van der Waals surface area (Å²) in [4.78, 5) is 15.3. The zero-order valence-corrected chi connectivity index (χ0v) is 10.4. The van der Waals surface area contributed by atoms with Crippen molar-refractivity contribution in [2.45, 2.75) is 6.92 Å². The second-order valence-corrected chi connectivity index (χ2v) is 4.62. The van der Waals surface area contributed by atoms with Crippen LogP contribution in [0.1, 0.15) is 12.5 Å². The quantitative estimate of drug-likeness (QED) is 0.791. The molecule has 1 heterocycles. The fourth-order valence-electron chi connectivity index (χ4n) is 2.08. The van der Waals surface area contributed by atoms with Crippen molar-refractivity contribution in [3.8, 4) is 0 Å². The van der Waals surface area contributed by atoms with Gasteiger partial charge in [0.15, 0.2) is 0 Å². The standard InChI is InChI=1S/C14H18N2O/c1-12(8-13-6-4-3-5-7-13)9-16-10-14(17)15(2)11-16/h3-8H,9-11H2,1-2H3/b12-8+. The Morgan fingerprint density at radius 3 is 2.65 bits per heavy atom. The van der Waals surface area contributed by atoms with Gasteiger partial charge in [0.25, 0.3) is 0 Å². The molecule has 2 rings (SSSR count). The van der Waals surface area contributed by atoms with Crippen LogP contribution < -0.4 is 0 Å². The van der Waals surface area contributed by atoms with Gasteiger partial charge in [-0.3, -0.25) is 9.69 Å². The number of carbonyl (C=O) groups excluding carboxylic acids is 1. The largest absolute Gasteiger partial charge is 0.332 e. The Labute approximate surface area is 102 Å². The Balaban J connectivity index is 1.96. The molecule has 0 bridgehead atoms. The van der Waals surface area contributed by atoms with Crippen molar-refractivity contribution < 1.29 is 4.79 Å². The number of nitrogens with zero attached hydrogens (tertiary/aromatic N) is 2. The van der Waals surface area contributed by atoms with E-state index in [9.17, 15) is 4.79 Å². The average Bonchev–Trinajstić information content (AvgIpc) is 2.59. The zero-order valence-electron chi connectivity index (χ0n) is 10.4. The Hall–Kier alpha value is -1.61. The van der Waals surface area contributed by atoms with Gasteiger partial charge in [0.2, 0.25) is 5.91 Å². The number of carbonyl (C=O) groups is 1. The van der Waals surface area contributed by atoms with Crippen molar-refractivity contribution >= 4 is 12.0 Å². The molecule has 0 aromatic heterocycles. The fourth-order valence-corrected chi connectivity index (χ4v) is 2.08. The summed E-state index contributed by atoms with van der Waals surface area (Å²) in [6.07, 6.45) is 2.17. The van der Waals surface area contributed by atoms with Gasteiger partial charge in [0.1, 0.15) is 0 Å². The lowest BCUT2D eigenvalue weighted by Crippen LogP contribution is -2.24. The molecule has 1 amide bonds. The van der Waals surface area contributed by atoms with E-state index in [0.29, 0.717) is 6.54 Å². The molecule has 0 spiro atoms. The molecule has 1 aliphatic rings. The summed E-state index contributed by atoms with van der Waals surface area (Å²) in [5.74, 6) is 0.206. The lowest BCUT2D eigenvalue weighted by molar-refractivity contribution is -0.125. The molecule has 0 N–H and O–H groups in total. The molecule has 3 heteroatoms. The predicted octanol–water partition coefficient (Wildman–Crippen LogP) is 1.82. The van der Waals surface area contributed by atoms with Crippen LogP contribution in [0.5, 0.6) is 0 Å². The molecule has 0 radical (unpaired) electrons. The smallest absolute Gasteiger partial charge is 0.237 e. The molecule has 3 nitrogen and oxygen atoms in total. The highest BCUT2D eigenvalue weighted by Crippen LogP contribution is 2.10. The van der Waals surface area contributed by atoms with Crippen molar-refractivity contribution in [2.75, 3.05) is 26.8 Å². The summed E-state index contributed by atoms with van der Waals surface area (Å²) in [6, 6.07) is 10.3. The summed E-state index contributed by atoms with van der Waals surface area (Å²) >= 11 is 0. The van der Waals surface area contributed by atoms with E-state index in [-0.39, 0.29) is 5.91 Å². The maximum atomic E-state index is 11.4. The van der Waals surface area contributed by atoms with Crippen LogP contribution in [0, 0.1) is 0 Å². The van der Waals surface area contributed by atoms with Gasteiger partial charge < -0.3 is 4.90 Å². The van der Waals surface area contributed by atoms with E-state index in [1.807, 2.05) is 25.2 Å². The van der Waals surface area contributed by atoms with Gasteiger partial charge in [0, 0.05) is 13.6 Å². The number of benzene rings is 1. The summed E-state index contributed by atoms with van der Waals surface area (Å²) in [6.45, 7) is 4.23. The van der Waals surface area contributed by atoms with E-state index in [2.05, 4.69) is 30.0 Å². The molecule has 0 unspecified atom stereocenters. The molecule has 1 fully saturated rings. The van der Waals surface area contributed by atoms with Gasteiger partial charge >= 0.3 is 0 Å². The molecular formula is C14H18N2O. The Bertz CT molecular complexity index is 425. The van der Waals surface area contributed by atoms with Crippen LogP contribution in [0.15, 0.2) is 35.9 Å². The Kier molecular flexibility index (Phi) is 3.59. The molecule has 17 heavy (non-hydrogen) atoms. The van der Waals surface area contributed by atoms with E-state index < -0.39 is 0 Å². The molecular weight excluding hydrogens is 212 g/mol. The minimum Gasteiger partial charge on any atom is -0.332 e. The molecule has 1 aromatic carbocycles. The van der Waals surface area contributed by atoms with E-state index in [1.165, 1.54) is 11.1 Å². The minimum atomic E-state index is 0.206. The highest BCUT2D eigenvalue weighted by molar-refractivity contribution is 5.79. The maximum absolute atomic E-state index is 11.4. The van der Waals surface area contributed by atoms with Crippen LogP contribution in [0.4, 0.5) is 0 Å². The number of rotatable bonds is 3. The first-order chi connectivity index (χ1) is 8.15. The minimum absolute atomic E-state index is 0.206. The number of likely N-dealkylation sites (N-methyl/N-ethyl adjacent to an activating group) is 1. The molecule has 90 valence electrons. The second-order valence-electron chi connectivity index (χ2n) is 4.62. The van der Waals surface area contributed by atoms with Crippen LogP contribution in [-0.4, -0.2) is 42.5 Å². The first-order valence-electron chi connectivity index (χ1n) is 5.83. The third-order valence-corrected chi connectivity index (χ3v) is 2.88. The average molecular weight is 230 g/mol. The number of hydrogen-bond donors (Lipinski definition) is 0. The lowest BCUT2D eigenvalue weighted by atomic mass is 10.1. The third kappa shape index (κ3) is 3.17. The number of hydrogen-bond acceptors (Lipinski definition) is 2. The van der Waals surface area contributed by atoms with Gasteiger partial charge in [-0.05, 0) is 12.5 Å². The van der Waals surface area contributed by atoms with Crippen LogP contribution >= 0.6 is 0 Å². The second kappa shape index (κ2) is 5.15. The molecule has 1 saturated heterocycles. The lowest BCUT2D eigenvalue weighted by Gasteiger charge is -2.14. The van der Waals surface area contributed by atoms with E-state index in [0.717, 1.165) is 13.2 Å². The topological polar surface area (TPSA) is 23.6 Å². The highest BCUT2D eigenvalue weighted by Gasteiger charge is 2.23. The van der Waals surface area contributed by atoms with Crippen molar-refractivity contribution in [1.82, 2.24) is 9.80 Å². The molecule has 1 aliphatic heterocycles. The van der Waals surface area contributed by atoms with E-state index in [4.69, 9.17) is 0 Å². The zero-order chi connectivity index (χ0) is 12.3. The van der Waals surface area contributed by atoms with Crippen molar-refractivity contribution in [2.24, 2.45) is 0 Å². The molecule has 0 atom stereocenters. The van der Waals surface area contributed by atoms with Gasteiger partial charge in [-0.15, -0.1) is 0 Å². The Morgan fingerprint density at radius 1 is 1.35 bits per heavy atom.